The zero-order valence-electron chi connectivity index (χ0n) is 14.8. The maximum absolute atomic E-state index is 12.8. The fraction of sp³-hybridized carbons (Fsp3) is 0.474. The van der Waals surface area contributed by atoms with Crippen LogP contribution in [0.25, 0.3) is 0 Å². The Morgan fingerprint density at radius 3 is 2.52 bits per heavy atom. The second kappa shape index (κ2) is 7.47. The summed E-state index contributed by atoms with van der Waals surface area (Å²) < 4.78 is 5.16. The summed E-state index contributed by atoms with van der Waals surface area (Å²) >= 11 is 0. The van der Waals surface area contributed by atoms with Crippen LogP contribution in [0.4, 0.5) is 5.69 Å². The summed E-state index contributed by atoms with van der Waals surface area (Å²) in [6, 6.07) is 9.97. The number of nitriles is 1. The summed E-state index contributed by atoms with van der Waals surface area (Å²) in [6.45, 7) is 0.415. The molecule has 1 N–H and O–H groups in total. The van der Waals surface area contributed by atoms with Crippen LogP contribution < -0.4 is 15.2 Å². The molecule has 0 bridgehead atoms. The molecule has 1 aromatic rings. The second-order valence-corrected chi connectivity index (χ2v) is 6.56. The molecular formula is C19H24N4O2. The van der Waals surface area contributed by atoms with E-state index in [0.29, 0.717) is 17.8 Å². The standard InChI is InChI=1S/C19H24N4O2/c1-22(15-8-10-17(25-2)11-9-15)21-18-14(12-20)13-23(19(18)24)16-6-4-3-5-7-16/h8-11,16,21H,3-7,13H2,1-2H3. The Morgan fingerprint density at radius 2 is 1.92 bits per heavy atom. The van der Waals surface area contributed by atoms with E-state index in [2.05, 4.69) is 11.5 Å². The van der Waals surface area contributed by atoms with E-state index in [1.54, 1.807) is 12.1 Å². The number of carbonyl (C=O) groups excluding carboxylic acids is 1. The molecule has 0 unspecified atom stereocenters. The molecule has 0 saturated heterocycles. The Hall–Kier alpha value is -2.68. The van der Waals surface area contributed by atoms with Crippen molar-refractivity contribution in [2.24, 2.45) is 0 Å². The first kappa shape index (κ1) is 17.2. The number of hydrogen-bond donors (Lipinski definition) is 1. The molecule has 2 aliphatic rings. The molecule has 6 heteroatoms. The molecule has 0 spiro atoms. The van der Waals surface area contributed by atoms with Crippen molar-refractivity contribution in [1.82, 2.24) is 10.3 Å². The van der Waals surface area contributed by atoms with Crippen molar-refractivity contribution in [3.63, 3.8) is 0 Å². The maximum atomic E-state index is 12.8. The predicted octanol–water partition coefficient (Wildman–Crippen LogP) is 2.59. The molecule has 25 heavy (non-hydrogen) atoms. The fourth-order valence-corrected chi connectivity index (χ4v) is 3.53. The molecule has 1 aliphatic carbocycles. The van der Waals surface area contributed by atoms with Crippen molar-refractivity contribution in [2.45, 2.75) is 38.1 Å². The van der Waals surface area contributed by atoms with Gasteiger partial charge >= 0.3 is 0 Å². The topological polar surface area (TPSA) is 68.6 Å². The molecule has 1 aliphatic heterocycles. The third-order valence-corrected chi connectivity index (χ3v) is 4.99. The molecule has 1 fully saturated rings. The summed E-state index contributed by atoms with van der Waals surface area (Å²) in [5.74, 6) is 0.707. The molecule has 1 amide bonds. The highest BCUT2D eigenvalue weighted by Gasteiger charge is 2.36. The number of benzene rings is 1. The van der Waals surface area contributed by atoms with Gasteiger partial charge in [0.15, 0.2) is 0 Å². The van der Waals surface area contributed by atoms with Crippen LogP contribution in [0.1, 0.15) is 32.1 Å². The zero-order valence-corrected chi connectivity index (χ0v) is 14.8. The van der Waals surface area contributed by atoms with E-state index in [4.69, 9.17) is 4.74 Å². The van der Waals surface area contributed by atoms with Gasteiger partial charge in [-0.05, 0) is 37.1 Å². The lowest BCUT2D eigenvalue weighted by atomic mass is 9.94. The van der Waals surface area contributed by atoms with Crippen molar-refractivity contribution in [1.29, 1.82) is 5.26 Å². The molecule has 1 saturated carbocycles. The Kier molecular flexibility index (Phi) is 5.13. The molecule has 0 radical (unpaired) electrons. The molecule has 1 heterocycles. The minimum atomic E-state index is -0.0659. The molecule has 3 rings (SSSR count). The predicted molar refractivity (Wildman–Crippen MR) is 95.8 cm³/mol. The minimum Gasteiger partial charge on any atom is -0.497 e. The van der Waals surface area contributed by atoms with E-state index in [1.165, 1.54) is 6.42 Å². The third-order valence-electron chi connectivity index (χ3n) is 4.99. The Morgan fingerprint density at radius 1 is 1.24 bits per heavy atom. The van der Waals surface area contributed by atoms with Crippen LogP contribution in [0.5, 0.6) is 5.75 Å². The number of nitrogens with zero attached hydrogens (tertiary/aromatic N) is 3. The van der Waals surface area contributed by atoms with Crippen LogP contribution in [0.2, 0.25) is 0 Å². The van der Waals surface area contributed by atoms with Crippen LogP contribution >= 0.6 is 0 Å². The van der Waals surface area contributed by atoms with Crippen molar-refractivity contribution < 1.29 is 9.53 Å². The zero-order chi connectivity index (χ0) is 17.8. The van der Waals surface area contributed by atoms with Crippen molar-refractivity contribution in [2.75, 3.05) is 25.7 Å². The van der Waals surface area contributed by atoms with E-state index in [1.807, 2.05) is 36.2 Å². The number of rotatable bonds is 5. The van der Waals surface area contributed by atoms with Gasteiger partial charge in [0.1, 0.15) is 11.4 Å². The second-order valence-electron chi connectivity index (χ2n) is 6.56. The number of anilines is 1. The maximum Gasteiger partial charge on any atom is 0.273 e. The number of amides is 1. The number of nitrogens with one attached hydrogen (secondary N) is 1. The van der Waals surface area contributed by atoms with Crippen LogP contribution in [0, 0.1) is 11.3 Å². The quantitative estimate of drug-likeness (QED) is 0.835. The molecule has 132 valence electrons. The lowest BCUT2D eigenvalue weighted by Crippen LogP contribution is -2.43. The van der Waals surface area contributed by atoms with Gasteiger partial charge in [0.2, 0.25) is 0 Å². The van der Waals surface area contributed by atoms with Crippen LogP contribution in [-0.4, -0.2) is 37.6 Å². The van der Waals surface area contributed by atoms with E-state index in [-0.39, 0.29) is 11.9 Å². The largest absolute Gasteiger partial charge is 0.497 e. The smallest absolute Gasteiger partial charge is 0.273 e. The Bertz CT molecular complexity index is 699. The van der Waals surface area contributed by atoms with Crippen LogP contribution in [0.3, 0.4) is 0 Å². The molecular weight excluding hydrogens is 316 g/mol. The van der Waals surface area contributed by atoms with Crippen molar-refractivity contribution in [3.05, 3.63) is 35.5 Å². The van der Waals surface area contributed by atoms with E-state index >= 15 is 0 Å². The van der Waals surface area contributed by atoms with Gasteiger partial charge in [-0.2, -0.15) is 5.26 Å². The number of methoxy groups -OCH3 is 1. The van der Waals surface area contributed by atoms with Gasteiger partial charge in [-0.1, -0.05) is 19.3 Å². The monoisotopic (exact) mass is 340 g/mol. The summed E-state index contributed by atoms with van der Waals surface area (Å²) in [5.41, 5.74) is 4.90. The van der Waals surface area contributed by atoms with Crippen LogP contribution in [0.15, 0.2) is 35.5 Å². The number of hydrogen-bond acceptors (Lipinski definition) is 5. The average Bonchev–Trinajstić information content (AvgIpc) is 2.98. The molecule has 0 atom stereocenters. The first-order valence-corrected chi connectivity index (χ1v) is 8.72. The van der Waals surface area contributed by atoms with Gasteiger partial charge in [-0.15, -0.1) is 0 Å². The van der Waals surface area contributed by atoms with Gasteiger partial charge in [0.05, 0.1) is 31.0 Å². The fourth-order valence-electron chi connectivity index (χ4n) is 3.53. The highest BCUT2D eigenvalue weighted by Crippen LogP contribution is 2.28. The Labute approximate surface area is 148 Å². The summed E-state index contributed by atoms with van der Waals surface area (Å²) in [5, 5.41) is 11.2. The summed E-state index contributed by atoms with van der Waals surface area (Å²) in [6.07, 6.45) is 5.62. The molecule has 1 aromatic carbocycles. The highest BCUT2D eigenvalue weighted by molar-refractivity contribution is 5.98. The highest BCUT2D eigenvalue weighted by atomic mass is 16.5. The first-order valence-electron chi connectivity index (χ1n) is 8.72. The van der Waals surface area contributed by atoms with Crippen LogP contribution in [-0.2, 0) is 4.79 Å². The normalized spacial score (nSPS) is 18.3. The lowest BCUT2D eigenvalue weighted by Gasteiger charge is -2.31. The van der Waals surface area contributed by atoms with Gasteiger partial charge in [0.25, 0.3) is 5.91 Å². The van der Waals surface area contributed by atoms with Gasteiger partial charge in [0, 0.05) is 13.1 Å². The van der Waals surface area contributed by atoms with Gasteiger partial charge < -0.3 is 9.64 Å². The molecule has 0 aromatic heterocycles. The summed E-state index contributed by atoms with van der Waals surface area (Å²) in [7, 11) is 3.46. The van der Waals surface area contributed by atoms with Crippen molar-refractivity contribution >= 4 is 11.6 Å². The average molecular weight is 340 g/mol. The lowest BCUT2D eigenvalue weighted by molar-refractivity contribution is -0.128. The number of hydrazine groups is 1. The summed E-state index contributed by atoms with van der Waals surface area (Å²) in [4.78, 5) is 14.7. The minimum absolute atomic E-state index is 0.0659. The van der Waals surface area contributed by atoms with E-state index < -0.39 is 0 Å². The van der Waals surface area contributed by atoms with Gasteiger partial charge in [-0.3, -0.25) is 15.2 Å². The SMILES string of the molecule is COc1ccc(N(C)NC2=C(C#N)CN(C3CCCCC3)C2=O)cc1. The third kappa shape index (κ3) is 3.55. The number of carbonyl (C=O) groups is 1. The van der Waals surface area contributed by atoms with E-state index in [0.717, 1.165) is 37.1 Å². The Balaban J connectivity index is 1.72. The van der Waals surface area contributed by atoms with Crippen molar-refractivity contribution in [3.8, 4) is 11.8 Å². The van der Waals surface area contributed by atoms with E-state index in [9.17, 15) is 10.1 Å². The number of ether oxygens (including phenoxy) is 1. The molecule has 6 nitrogen and oxygen atoms in total. The van der Waals surface area contributed by atoms with Gasteiger partial charge in [-0.25, -0.2) is 0 Å². The first-order chi connectivity index (χ1) is 12.1.